The molecule has 166 valence electrons. The first-order valence-electron chi connectivity index (χ1n) is 10.8. The molecule has 2 aromatic rings. The van der Waals surface area contributed by atoms with Crippen LogP contribution in [-0.4, -0.2) is 72.3 Å². The third-order valence-electron chi connectivity index (χ3n) is 5.84. The van der Waals surface area contributed by atoms with Gasteiger partial charge in [-0.05, 0) is 44.2 Å². The number of fused-ring (bicyclic) bond motifs is 1. The zero-order valence-corrected chi connectivity index (χ0v) is 17.9. The molecule has 0 aliphatic carbocycles. The lowest BCUT2D eigenvalue weighted by atomic mass is 10.2. The van der Waals surface area contributed by atoms with Gasteiger partial charge in [0, 0.05) is 50.9 Å². The summed E-state index contributed by atoms with van der Waals surface area (Å²) in [4.78, 5) is 30.8. The van der Waals surface area contributed by atoms with Gasteiger partial charge in [0.15, 0.2) is 0 Å². The van der Waals surface area contributed by atoms with Gasteiger partial charge in [-0.3, -0.25) is 19.4 Å². The molecule has 31 heavy (non-hydrogen) atoms. The average molecular weight is 429 g/mol. The van der Waals surface area contributed by atoms with E-state index in [-0.39, 0.29) is 24.2 Å². The Hall–Kier alpha value is -2.94. The number of aryl methyl sites for hydroxylation is 2. The number of carbonyl (C=O) groups excluding carboxylic acids is 2. The minimum Gasteiger partial charge on any atom is -0.369 e. The van der Waals surface area contributed by atoms with E-state index in [0.717, 1.165) is 50.5 Å². The molecule has 1 fully saturated rings. The summed E-state index contributed by atoms with van der Waals surface area (Å²) < 4.78 is 14.9. The number of benzene rings is 1. The summed E-state index contributed by atoms with van der Waals surface area (Å²) in [6.07, 6.45) is 1.22. The molecule has 2 aliphatic heterocycles. The van der Waals surface area contributed by atoms with Crippen LogP contribution in [0, 0.1) is 12.7 Å². The number of hydrogen-bond donors (Lipinski definition) is 1. The van der Waals surface area contributed by atoms with E-state index < -0.39 is 0 Å². The summed E-state index contributed by atoms with van der Waals surface area (Å²) in [7, 11) is 0. The molecule has 3 heterocycles. The highest BCUT2D eigenvalue weighted by molar-refractivity contribution is 5.98. The zero-order valence-electron chi connectivity index (χ0n) is 17.9. The summed E-state index contributed by atoms with van der Waals surface area (Å²) in [6.45, 7) is 7.66. The van der Waals surface area contributed by atoms with Crippen molar-refractivity contribution < 1.29 is 14.0 Å². The molecule has 0 radical (unpaired) electrons. The summed E-state index contributed by atoms with van der Waals surface area (Å²) >= 11 is 0. The summed E-state index contributed by atoms with van der Waals surface area (Å²) in [5, 5.41) is 7.30. The van der Waals surface area contributed by atoms with Crippen LogP contribution in [0.4, 0.5) is 15.9 Å². The normalized spacial score (nSPS) is 17.0. The van der Waals surface area contributed by atoms with Crippen molar-refractivity contribution in [3.8, 4) is 0 Å². The Bertz CT molecular complexity index is 921. The van der Waals surface area contributed by atoms with Crippen molar-refractivity contribution in [3.63, 3.8) is 0 Å². The Morgan fingerprint density at radius 3 is 2.61 bits per heavy atom. The van der Waals surface area contributed by atoms with Crippen molar-refractivity contribution in [2.45, 2.75) is 26.3 Å². The molecule has 9 heteroatoms. The Morgan fingerprint density at radius 2 is 1.87 bits per heavy atom. The first-order valence-corrected chi connectivity index (χ1v) is 10.8. The van der Waals surface area contributed by atoms with Gasteiger partial charge in [-0.15, -0.1) is 0 Å². The molecule has 1 aromatic heterocycles. The van der Waals surface area contributed by atoms with Crippen LogP contribution >= 0.6 is 0 Å². The summed E-state index contributed by atoms with van der Waals surface area (Å²) in [5.41, 5.74) is 1.90. The molecule has 2 amide bonds. The van der Waals surface area contributed by atoms with Crippen molar-refractivity contribution in [3.05, 3.63) is 41.8 Å². The number of rotatable bonds is 7. The number of anilines is 2. The third-order valence-corrected chi connectivity index (χ3v) is 5.84. The zero-order chi connectivity index (χ0) is 21.8. The molecule has 0 spiro atoms. The lowest BCUT2D eigenvalue weighted by molar-refractivity contribution is -0.124. The molecule has 1 N–H and O–H groups in total. The summed E-state index contributed by atoms with van der Waals surface area (Å²) in [5.74, 6) is 0.293. The molecule has 1 aromatic carbocycles. The van der Waals surface area contributed by atoms with Crippen molar-refractivity contribution in [2.24, 2.45) is 0 Å². The van der Waals surface area contributed by atoms with Crippen LogP contribution in [0.15, 0.2) is 30.3 Å². The molecule has 0 unspecified atom stereocenters. The topological polar surface area (TPSA) is 73.7 Å². The standard InChI is InChI=1S/C22H29FN6O2/c1-17-15-21-28(22(31)7-10-29(21)25-17)16-20(30)24-8-2-9-26-11-13-27(14-12-26)19-5-3-18(23)4-6-19/h3-6,15H,2,7-14,16H2,1H3,(H,24,30). The first kappa shape index (κ1) is 21.3. The van der Waals surface area contributed by atoms with Crippen LogP contribution in [0.2, 0.25) is 0 Å². The molecular weight excluding hydrogens is 399 g/mol. The van der Waals surface area contributed by atoms with Crippen LogP contribution in [0.1, 0.15) is 18.5 Å². The fourth-order valence-electron chi connectivity index (χ4n) is 4.16. The van der Waals surface area contributed by atoms with E-state index in [9.17, 15) is 14.0 Å². The van der Waals surface area contributed by atoms with Crippen LogP contribution in [0.5, 0.6) is 0 Å². The average Bonchev–Trinajstić information content (AvgIpc) is 3.15. The van der Waals surface area contributed by atoms with Gasteiger partial charge in [-0.2, -0.15) is 5.10 Å². The number of hydrogen-bond acceptors (Lipinski definition) is 5. The summed E-state index contributed by atoms with van der Waals surface area (Å²) in [6, 6.07) is 8.48. The lowest BCUT2D eigenvalue weighted by Gasteiger charge is -2.36. The van der Waals surface area contributed by atoms with Gasteiger partial charge < -0.3 is 10.2 Å². The number of carbonyl (C=O) groups is 2. The van der Waals surface area contributed by atoms with Crippen molar-refractivity contribution in [1.29, 1.82) is 0 Å². The number of halogens is 1. The lowest BCUT2D eigenvalue weighted by Crippen LogP contribution is -2.47. The second-order valence-corrected chi connectivity index (χ2v) is 8.11. The molecule has 0 bridgehead atoms. The predicted molar refractivity (Wildman–Crippen MR) is 117 cm³/mol. The van der Waals surface area contributed by atoms with Crippen LogP contribution in [0.3, 0.4) is 0 Å². The Balaban J connectivity index is 1.16. The molecule has 4 rings (SSSR count). The first-order chi connectivity index (χ1) is 15.0. The van der Waals surface area contributed by atoms with E-state index in [1.165, 1.54) is 17.0 Å². The molecule has 1 saturated heterocycles. The largest absolute Gasteiger partial charge is 0.369 e. The molecule has 8 nitrogen and oxygen atoms in total. The van der Waals surface area contributed by atoms with E-state index in [0.29, 0.717) is 25.3 Å². The maximum Gasteiger partial charge on any atom is 0.240 e. The van der Waals surface area contributed by atoms with E-state index in [2.05, 4.69) is 20.2 Å². The SMILES string of the molecule is Cc1cc2n(n1)CCC(=O)N2CC(=O)NCCCN1CCN(c2ccc(F)cc2)CC1. The van der Waals surface area contributed by atoms with E-state index >= 15 is 0 Å². The smallest absolute Gasteiger partial charge is 0.240 e. The van der Waals surface area contributed by atoms with Gasteiger partial charge >= 0.3 is 0 Å². The van der Waals surface area contributed by atoms with Crippen molar-refractivity contribution in [1.82, 2.24) is 20.0 Å². The Morgan fingerprint density at radius 1 is 1.13 bits per heavy atom. The van der Waals surface area contributed by atoms with Gasteiger partial charge in [-0.1, -0.05) is 0 Å². The molecule has 2 aliphatic rings. The molecular formula is C22H29FN6O2. The van der Waals surface area contributed by atoms with Gasteiger partial charge in [0.2, 0.25) is 11.8 Å². The van der Waals surface area contributed by atoms with Crippen molar-refractivity contribution >= 4 is 23.3 Å². The number of nitrogens with one attached hydrogen (secondary N) is 1. The van der Waals surface area contributed by atoms with Crippen LogP contribution in [-0.2, 0) is 16.1 Å². The fourth-order valence-corrected chi connectivity index (χ4v) is 4.16. The number of nitrogens with zero attached hydrogens (tertiary/aromatic N) is 5. The quantitative estimate of drug-likeness (QED) is 0.675. The second-order valence-electron chi connectivity index (χ2n) is 8.11. The van der Waals surface area contributed by atoms with Gasteiger partial charge in [-0.25, -0.2) is 9.07 Å². The molecule has 0 atom stereocenters. The van der Waals surface area contributed by atoms with Gasteiger partial charge in [0.1, 0.15) is 18.2 Å². The van der Waals surface area contributed by atoms with Gasteiger partial charge in [0.25, 0.3) is 0 Å². The Labute approximate surface area is 181 Å². The monoisotopic (exact) mass is 428 g/mol. The van der Waals surface area contributed by atoms with Gasteiger partial charge in [0.05, 0.1) is 12.2 Å². The predicted octanol–water partition coefficient (Wildman–Crippen LogP) is 1.40. The highest BCUT2D eigenvalue weighted by Crippen LogP contribution is 2.22. The van der Waals surface area contributed by atoms with Crippen molar-refractivity contribution in [2.75, 3.05) is 55.6 Å². The minimum atomic E-state index is -0.213. The third kappa shape index (κ3) is 5.22. The second kappa shape index (κ2) is 9.47. The number of aromatic nitrogens is 2. The maximum atomic E-state index is 13.1. The maximum absolute atomic E-state index is 13.1. The number of amides is 2. The van der Waals surface area contributed by atoms with Crippen LogP contribution in [0.25, 0.3) is 0 Å². The van der Waals surface area contributed by atoms with Crippen LogP contribution < -0.4 is 15.1 Å². The minimum absolute atomic E-state index is 0.0281. The Kier molecular flexibility index (Phi) is 6.50. The highest BCUT2D eigenvalue weighted by atomic mass is 19.1. The highest BCUT2D eigenvalue weighted by Gasteiger charge is 2.27. The van der Waals surface area contributed by atoms with E-state index in [4.69, 9.17) is 0 Å². The van der Waals surface area contributed by atoms with E-state index in [1.54, 1.807) is 4.68 Å². The number of piperazine rings is 1. The van der Waals surface area contributed by atoms with E-state index in [1.807, 2.05) is 25.1 Å². The molecule has 0 saturated carbocycles. The fraction of sp³-hybridized carbons (Fsp3) is 0.500.